The molecule has 5 heteroatoms. The Hall–Kier alpha value is -2.50. The molecule has 2 atom stereocenters. The van der Waals surface area contributed by atoms with Crippen LogP contribution in [0.1, 0.15) is 11.1 Å². The maximum Gasteiger partial charge on any atom is 0.330 e. The Kier molecular flexibility index (Phi) is 6.02. The van der Waals surface area contributed by atoms with E-state index in [4.69, 9.17) is 16.2 Å². The molecule has 2 aromatic rings. The van der Waals surface area contributed by atoms with Crippen molar-refractivity contribution in [2.75, 3.05) is 0 Å². The summed E-state index contributed by atoms with van der Waals surface area (Å²) in [5.74, 6) is -1.52. The van der Waals surface area contributed by atoms with Gasteiger partial charge in [-0.15, -0.1) is 0 Å². The van der Waals surface area contributed by atoms with Gasteiger partial charge in [0.2, 0.25) is 0 Å². The molecule has 120 valence electrons. The fourth-order valence-electron chi connectivity index (χ4n) is 2.15. The van der Waals surface area contributed by atoms with Gasteiger partial charge in [0.25, 0.3) is 0 Å². The predicted octanol–water partition coefficient (Wildman–Crippen LogP) is 1.20. The number of ether oxygens (including phenoxy) is 1. The van der Waals surface area contributed by atoms with Crippen LogP contribution in [0.3, 0.4) is 0 Å². The first-order valence-corrected chi connectivity index (χ1v) is 7.41. The maximum absolute atomic E-state index is 11.9. The van der Waals surface area contributed by atoms with Crippen molar-refractivity contribution < 1.29 is 14.3 Å². The summed E-state index contributed by atoms with van der Waals surface area (Å²) >= 11 is 0. The molecular weight excluding hydrogens is 292 g/mol. The number of nitrogens with two attached hydrogens (primary N) is 2. The van der Waals surface area contributed by atoms with Crippen LogP contribution < -0.4 is 11.5 Å². The molecule has 0 aliphatic carbocycles. The van der Waals surface area contributed by atoms with Gasteiger partial charge in [-0.3, -0.25) is 0 Å². The second-order valence-electron chi connectivity index (χ2n) is 5.33. The lowest BCUT2D eigenvalue weighted by molar-refractivity contribution is -0.161. The molecule has 5 nitrogen and oxygen atoms in total. The standard InChI is InChI=1S/C18H20N2O3/c19-15(11-13-7-3-1-4-8-13)17(21)23-18(22)16(20)12-14-9-5-2-6-10-14/h1-10,15-16H,11-12,19-20H2/t15-,16?/m0/s1. The van der Waals surface area contributed by atoms with Gasteiger partial charge in [-0.25, -0.2) is 9.59 Å². The van der Waals surface area contributed by atoms with Crippen molar-refractivity contribution in [2.45, 2.75) is 24.9 Å². The van der Waals surface area contributed by atoms with Crippen LogP contribution in [-0.4, -0.2) is 24.0 Å². The normalized spacial score (nSPS) is 13.1. The Balaban J connectivity index is 1.85. The van der Waals surface area contributed by atoms with E-state index in [1.807, 2.05) is 60.7 Å². The molecule has 2 rings (SSSR count). The lowest BCUT2D eigenvalue weighted by Crippen LogP contribution is -2.41. The second kappa shape index (κ2) is 8.22. The molecule has 0 aromatic heterocycles. The summed E-state index contributed by atoms with van der Waals surface area (Å²) in [6.07, 6.45) is 0.613. The van der Waals surface area contributed by atoms with Crippen LogP contribution >= 0.6 is 0 Å². The van der Waals surface area contributed by atoms with Crippen molar-refractivity contribution >= 4 is 11.9 Å². The second-order valence-corrected chi connectivity index (χ2v) is 5.33. The Bertz CT molecular complexity index is 586. The summed E-state index contributed by atoms with van der Waals surface area (Å²) in [6.45, 7) is 0. The molecule has 0 saturated heterocycles. The van der Waals surface area contributed by atoms with Crippen LogP contribution in [0.4, 0.5) is 0 Å². The van der Waals surface area contributed by atoms with Crippen LogP contribution in [0.2, 0.25) is 0 Å². The highest BCUT2D eigenvalue weighted by molar-refractivity contribution is 5.90. The number of rotatable bonds is 6. The number of carbonyl (C=O) groups excluding carboxylic acids is 2. The van der Waals surface area contributed by atoms with E-state index in [9.17, 15) is 9.59 Å². The van der Waals surface area contributed by atoms with E-state index in [0.29, 0.717) is 12.8 Å². The minimum atomic E-state index is -0.898. The summed E-state index contributed by atoms with van der Waals surface area (Å²) in [6, 6.07) is 16.8. The zero-order valence-electron chi connectivity index (χ0n) is 12.7. The van der Waals surface area contributed by atoms with E-state index in [1.54, 1.807) is 0 Å². The lowest BCUT2D eigenvalue weighted by atomic mass is 10.1. The molecule has 0 aliphatic heterocycles. The topological polar surface area (TPSA) is 95.4 Å². The van der Waals surface area contributed by atoms with E-state index in [0.717, 1.165) is 11.1 Å². The van der Waals surface area contributed by atoms with Crippen molar-refractivity contribution in [1.29, 1.82) is 0 Å². The summed E-state index contributed by atoms with van der Waals surface area (Å²) < 4.78 is 4.79. The average Bonchev–Trinajstić information content (AvgIpc) is 2.56. The minimum Gasteiger partial charge on any atom is -0.391 e. The quantitative estimate of drug-likeness (QED) is 0.617. The van der Waals surface area contributed by atoms with E-state index >= 15 is 0 Å². The van der Waals surface area contributed by atoms with Crippen LogP contribution in [0.5, 0.6) is 0 Å². The molecule has 0 bridgehead atoms. The molecule has 23 heavy (non-hydrogen) atoms. The van der Waals surface area contributed by atoms with Gasteiger partial charge in [0.15, 0.2) is 0 Å². The smallest absolute Gasteiger partial charge is 0.330 e. The third-order valence-corrected chi connectivity index (χ3v) is 3.40. The van der Waals surface area contributed by atoms with Crippen molar-refractivity contribution in [1.82, 2.24) is 0 Å². The van der Waals surface area contributed by atoms with Gasteiger partial charge in [0.1, 0.15) is 12.1 Å². The van der Waals surface area contributed by atoms with E-state index < -0.39 is 24.0 Å². The molecule has 0 saturated carbocycles. The molecule has 0 spiro atoms. The van der Waals surface area contributed by atoms with E-state index in [2.05, 4.69) is 0 Å². The number of carbonyl (C=O) groups is 2. The molecule has 0 fully saturated rings. The first-order valence-electron chi connectivity index (χ1n) is 7.41. The van der Waals surface area contributed by atoms with Gasteiger partial charge < -0.3 is 16.2 Å². The fourth-order valence-corrected chi connectivity index (χ4v) is 2.15. The number of hydrogen-bond donors (Lipinski definition) is 2. The van der Waals surface area contributed by atoms with Gasteiger partial charge in [-0.2, -0.15) is 0 Å². The van der Waals surface area contributed by atoms with Crippen molar-refractivity contribution in [2.24, 2.45) is 11.5 Å². The van der Waals surface area contributed by atoms with Crippen molar-refractivity contribution in [3.63, 3.8) is 0 Å². The van der Waals surface area contributed by atoms with E-state index in [-0.39, 0.29) is 0 Å². The summed E-state index contributed by atoms with van der Waals surface area (Å²) in [7, 11) is 0. The van der Waals surface area contributed by atoms with Crippen LogP contribution in [0, 0.1) is 0 Å². The molecule has 4 N–H and O–H groups in total. The van der Waals surface area contributed by atoms with Crippen LogP contribution in [0.25, 0.3) is 0 Å². The highest BCUT2D eigenvalue weighted by Crippen LogP contribution is 2.06. The van der Waals surface area contributed by atoms with Gasteiger partial charge in [0, 0.05) is 0 Å². The average molecular weight is 312 g/mol. The van der Waals surface area contributed by atoms with Crippen molar-refractivity contribution in [3.05, 3.63) is 71.8 Å². The summed E-state index contributed by atoms with van der Waals surface area (Å²) in [5.41, 5.74) is 13.4. The first-order chi connectivity index (χ1) is 11.1. The molecule has 0 amide bonds. The SMILES string of the molecule is NC(Cc1ccccc1)C(=O)OC(=O)[C@@H](N)Cc1ccccc1. The summed E-state index contributed by atoms with van der Waals surface area (Å²) in [4.78, 5) is 23.8. The fraction of sp³-hybridized carbons (Fsp3) is 0.222. The van der Waals surface area contributed by atoms with E-state index in [1.165, 1.54) is 0 Å². The monoisotopic (exact) mass is 312 g/mol. The number of benzene rings is 2. The largest absolute Gasteiger partial charge is 0.391 e. The lowest BCUT2D eigenvalue weighted by Gasteiger charge is -2.13. The van der Waals surface area contributed by atoms with Gasteiger partial charge >= 0.3 is 11.9 Å². The van der Waals surface area contributed by atoms with Gasteiger partial charge in [-0.1, -0.05) is 60.7 Å². The molecule has 0 aliphatic rings. The maximum atomic E-state index is 11.9. The van der Waals surface area contributed by atoms with Gasteiger partial charge in [-0.05, 0) is 24.0 Å². The zero-order chi connectivity index (χ0) is 16.7. The first kappa shape index (κ1) is 16.9. The van der Waals surface area contributed by atoms with Crippen LogP contribution in [-0.2, 0) is 27.2 Å². The Morgan fingerprint density at radius 3 is 1.43 bits per heavy atom. The minimum absolute atomic E-state index is 0.306. The Morgan fingerprint density at radius 2 is 1.09 bits per heavy atom. The van der Waals surface area contributed by atoms with Crippen molar-refractivity contribution in [3.8, 4) is 0 Å². The third-order valence-electron chi connectivity index (χ3n) is 3.40. The Labute approximate surface area is 135 Å². The molecular formula is C18H20N2O3. The summed E-state index contributed by atoms with van der Waals surface area (Å²) in [5, 5.41) is 0. The van der Waals surface area contributed by atoms with Gasteiger partial charge in [0.05, 0.1) is 0 Å². The predicted molar refractivity (Wildman–Crippen MR) is 87.3 cm³/mol. The highest BCUT2D eigenvalue weighted by atomic mass is 16.6. The molecule has 0 heterocycles. The molecule has 1 unspecified atom stereocenters. The zero-order valence-corrected chi connectivity index (χ0v) is 12.7. The number of esters is 2. The van der Waals surface area contributed by atoms with Crippen LogP contribution in [0.15, 0.2) is 60.7 Å². The molecule has 2 aromatic carbocycles. The third kappa shape index (κ3) is 5.32. The molecule has 0 radical (unpaired) electrons. The number of hydrogen-bond acceptors (Lipinski definition) is 5. The Morgan fingerprint density at radius 1 is 0.739 bits per heavy atom. The highest BCUT2D eigenvalue weighted by Gasteiger charge is 2.23.